The minimum absolute atomic E-state index is 0.0625. The number of hydrogen-bond acceptors (Lipinski definition) is 5. The second-order valence-corrected chi connectivity index (χ2v) is 8.07. The largest absolute Gasteiger partial charge is 0.378 e. The predicted octanol–water partition coefficient (Wildman–Crippen LogP) is 3.73. The van der Waals surface area contributed by atoms with Gasteiger partial charge in [0.1, 0.15) is 17.3 Å². The monoisotopic (exact) mass is 444 g/mol. The van der Waals surface area contributed by atoms with Gasteiger partial charge in [-0.1, -0.05) is 11.6 Å². The Morgan fingerprint density at radius 3 is 2.90 bits per heavy atom. The molecule has 2 aliphatic heterocycles. The zero-order valence-electron chi connectivity index (χ0n) is 16.8. The number of anilines is 2. The number of carbonyl (C=O) groups excluding carboxylic acids is 1. The van der Waals surface area contributed by atoms with Gasteiger partial charge in [0.15, 0.2) is 5.65 Å². The van der Waals surface area contributed by atoms with Gasteiger partial charge in [-0.25, -0.2) is 18.7 Å². The van der Waals surface area contributed by atoms with Crippen LogP contribution in [0.15, 0.2) is 36.7 Å². The van der Waals surface area contributed by atoms with Crippen LogP contribution in [-0.4, -0.2) is 58.4 Å². The van der Waals surface area contributed by atoms with Gasteiger partial charge in [0.05, 0.1) is 25.5 Å². The molecule has 0 bridgehead atoms. The quantitative estimate of drug-likeness (QED) is 0.666. The number of halogens is 2. The lowest BCUT2D eigenvalue weighted by Gasteiger charge is -2.27. The van der Waals surface area contributed by atoms with Gasteiger partial charge >= 0.3 is 6.03 Å². The fourth-order valence-electron chi connectivity index (χ4n) is 4.20. The fraction of sp³-hybridized carbons (Fsp3) is 0.381. The summed E-state index contributed by atoms with van der Waals surface area (Å²) in [5.41, 5.74) is 1.85. The third kappa shape index (κ3) is 3.90. The summed E-state index contributed by atoms with van der Waals surface area (Å²) in [6, 6.07) is 6.07. The van der Waals surface area contributed by atoms with E-state index in [1.807, 2.05) is 12.3 Å². The minimum Gasteiger partial charge on any atom is -0.378 e. The van der Waals surface area contributed by atoms with E-state index < -0.39 is 0 Å². The van der Waals surface area contributed by atoms with Gasteiger partial charge in [-0.15, -0.1) is 0 Å². The van der Waals surface area contributed by atoms with Crippen LogP contribution < -0.4 is 10.2 Å². The average molecular weight is 445 g/mol. The Hall–Kier alpha value is -2.91. The van der Waals surface area contributed by atoms with Gasteiger partial charge in [-0.3, -0.25) is 0 Å². The number of rotatable bonds is 3. The molecule has 10 heteroatoms. The first kappa shape index (κ1) is 20.0. The Morgan fingerprint density at radius 2 is 2.06 bits per heavy atom. The van der Waals surface area contributed by atoms with Crippen molar-refractivity contribution in [3.63, 3.8) is 0 Å². The fourth-order valence-corrected chi connectivity index (χ4v) is 4.45. The van der Waals surface area contributed by atoms with Crippen molar-refractivity contribution in [2.24, 2.45) is 0 Å². The van der Waals surface area contributed by atoms with E-state index in [1.165, 1.54) is 12.1 Å². The van der Waals surface area contributed by atoms with E-state index in [4.69, 9.17) is 21.3 Å². The number of aromatic nitrogens is 3. The normalized spacial score (nSPS) is 19.2. The van der Waals surface area contributed by atoms with Gasteiger partial charge in [0.25, 0.3) is 0 Å². The standard InChI is InChI=1S/C21H22ClFN6O2/c22-16-4-3-14(23)12-15(16)18-2-1-6-28(18)19-5-7-29-20(26-19)17(13-24-29)25-21(30)27-8-10-31-11-9-27/h3-5,7,12-13,18H,1-2,6,8-11H2,(H,25,30)/t18-/m1/s1. The molecule has 162 valence electrons. The predicted molar refractivity (Wildman–Crippen MR) is 115 cm³/mol. The van der Waals surface area contributed by atoms with E-state index in [0.29, 0.717) is 42.7 Å². The van der Waals surface area contributed by atoms with Crippen LogP contribution in [0, 0.1) is 5.82 Å². The first-order chi connectivity index (χ1) is 15.1. The van der Waals surface area contributed by atoms with E-state index in [-0.39, 0.29) is 17.9 Å². The molecule has 1 atom stereocenters. The van der Waals surface area contributed by atoms with Crippen LogP contribution in [0.1, 0.15) is 24.4 Å². The molecule has 0 saturated carbocycles. The molecule has 2 amide bonds. The molecule has 0 unspecified atom stereocenters. The van der Waals surface area contributed by atoms with Crippen molar-refractivity contribution in [1.29, 1.82) is 0 Å². The van der Waals surface area contributed by atoms with E-state index >= 15 is 0 Å². The van der Waals surface area contributed by atoms with Crippen molar-refractivity contribution in [2.45, 2.75) is 18.9 Å². The minimum atomic E-state index is -0.307. The van der Waals surface area contributed by atoms with Crippen molar-refractivity contribution < 1.29 is 13.9 Å². The van der Waals surface area contributed by atoms with Crippen molar-refractivity contribution in [3.8, 4) is 0 Å². The van der Waals surface area contributed by atoms with E-state index in [0.717, 1.165) is 30.8 Å². The second-order valence-electron chi connectivity index (χ2n) is 7.66. The molecule has 1 N–H and O–H groups in total. The van der Waals surface area contributed by atoms with Crippen molar-refractivity contribution in [1.82, 2.24) is 19.5 Å². The lowest BCUT2D eigenvalue weighted by molar-refractivity contribution is 0.0565. The molecule has 2 aliphatic rings. The number of hydrogen-bond donors (Lipinski definition) is 1. The zero-order chi connectivity index (χ0) is 21.4. The molecule has 2 aromatic heterocycles. The Balaban J connectivity index is 1.43. The molecule has 2 saturated heterocycles. The number of morpholine rings is 1. The Labute approximate surface area is 183 Å². The highest BCUT2D eigenvalue weighted by atomic mass is 35.5. The first-order valence-electron chi connectivity index (χ1n) is 10.3. The Kier molecular flexibility index (Phi) is 5.37. The second kappa shape index (κ2) is 8.32. The van der Waals surface area contributed by atoms with Gasteiger partial charge < -0.3 is 19.9 Å². The number of nitrogens with zero attached hydrogens (tertiary/aromatic N) is 5. The smallest absolute Gasteiger partial charge is 0.322 e. The number of carbonyl (C=O) groups is 1. The summed E-state index contributed by atoms with van der Waals surface area (Å²) in [4.78, 5) is 21.2. The van der Waals surface area contributed by atoms with Crippen molar-refractivity contribution >= 4 is 34.8 Å². The highest BCUT2D eigenvalue weighted by Crippen LogP contribution is 2.38. The van der Waals surface area contributed by atoms with Gasteiger partial charge in [0.2, 0.25) is 0 Å². The molecule has 0 aliphatic carbocycles. The number of nitrogens with one attached hydrogen (secondary N) is 1. The van der Waals surface area contributed by atoms with Crippen LogP contribution in [0.25, 0.3) is 5.65 Å². The number of ether oxygens (including phenoxy) is 1. The molecule has 31 heavy (non-hydrogen) atoms. The van der Waals surface area contributed by atoms with Crippen molar-refractivity contribution in [2.75, 3.05) is 43.1 Å². The zero-order valence-corrected chi connectivity index (χ0v) is 17.6. The summed E-state index contributed by atoms with van der Waals surface area (Å²) in [5, 5.41) is 7.75. The molecule has 3 aromatic rings. The molecule has 5 rings (SSSR count). The van der Waals surface area contributed by atoms with E-state index in [9.17, 15) is 9.18 Å². The number of fused-ring (bicyclic) bond motifs is 1. The van der Waals surface area contributed by atoms with Crippen LogP contribution in [0.4, 0.5) is 20.7 Å². The topological polar surface area (TPSA) is 75.0 Å². The van der Waals surface area contributed by atoms with Gasteiger partial charge in [-0.05, 0) is 42.7 Å². The summed E-state index contributed by atoms with van der Waals surface area (Å²) in [5.74, 6) is 0.427. The molecule has 8 nitrogen and oxygen atoms in total. The van der Waals surface area contributed by atoms with Crippen LogP contribution >= 0.6 is 11.6 Å². The summed E-state index contributed by atoms with van der Waals surface area (Å²) in [6.45, 7) is 2.94. The number of benzene rings is 1. The van der Waals surface area contributed by atoms with Gasteiger partial charge in [0, 0.05) is 30.9 Å². The van der Waals surface area contributed by atoms with Crippen LogP contribution in [0.2, 0.25) is 5.02 Å². The van der Waals surface area contributed by atoms with Crippen LogP contribution in [-0.2, 0) is 4.74 Å². The summed E-state index contributed by atoms with van der Waals surface area (Å²) in [7, 11) is 0. The summed E-state index contributed by atoms with van der Waals surface area (Å²) < 4.78 is 20.8. The van der Waals surface area contributed by atoms with Crippen LogP contribution in [0.3, 0.4) is 0 Å². The molecular weight excluding hydrogens is 423 g/mol. The summed E-state index contributed by atoms with van der Waals surface area (Å²) in [6.07, 6.45) is 5.21. The van der Waals surface area contributed by atoms with E-state index in [1.54, 1.807) is 21.7 Å². The molecular formula is C21H22ClFN6O2. The average Bonchev–Trinajstić information content (AvgIpc) is 3.43. The lowest BCUT2D eigenvalue weighted by Crippen LogP contribution is -2.43. The maximum absolute atomic E-state index is 13.9. The van der Waals surface area contributed by atoms with Crippen molar-refractivity contribution in [3.05, 3.63) is 53.1 Å². The maximum Gasteiger partial charge on any atom is 0.322 e. The first-order valence-corrected chi connectivity index (χ1v) is 10.7. The Morgan fingerprint density at radius 1 is 1.23 bits per heavy atom. The highest BCUT2D eigenvalue weighted by molar-refractivity contribution is 6.31. The SMILES string of the molecule is O=C(Nc1cnn2ccc(N3CCC[C@@H]3c3cc(F)ccc3Cl)nc12)N1CCOCC1. The number of amides is 2. The molecule has 0 radical (unpaired) electrons. The third-order valence-corrected chi connectivity index (χ3v) is 6.10. The third-order valence-electron chi connectivity index (χ3n) is 5.76. The van der Waals surface area contributed by atoms with Gasteiger partial charge in [-0.2, -0.15) is 5.10 Å². The number of urea groups is 1. The Bertz CT molecular complexity index is 1120. The molecule has 4 heterocycles. The maximum atomic E-state index is 13.9. The summed E-state index contributed by atoms with van der Waals surface area (Å²) >= 11 is 6.37. The lowest BCUT2D eigenvalue weighted by atomic mass is 10.0. The molecule has 1 aromatic carbocycles. The highest BCUT2D eigenvalue weighted by Gasteiger charge is 2.29. The molecule has 2 fully saturated rings. The molecule has 0 spiro atoms. The van der Waals surface area contributed by atoms with E-state index in [2.05, 4.69) is 15.3 Å². The van der Waals surface area contributed by atoms with Crippen LogP contribution in [0.5, 0.6) is 0 Å².